The number of benzene rings is 2. The van der Waals surface area contributed by atoms with Crippen molar-refractivity contribution in [3.63, 3.8) is 0 Å². The number of esters is 1. The van der Waals surface area contributed by atoms with E-state index in [4.69, 9.17) is 14.6 Å². The molecule has 12 nitrogen and oxygen atoms in total. The third-order valence-electron chi connectivity index (χ3n) is 7.47. The molecule has 0 aliphatic carbocycles. The molecule has 2 unspecified atom stereocenters. The summed E-state index contributed by atoms with van der Waals surface area (Å²) in [5, 5.41) is 33.9. The van der Waals surface area contributed by atoms with Gasteiger partial charge in [-0.1, -0.05) is 18.2 Å². The van der Waals surface area contributed by atoms with Gasteiger partial charge in [-0.05, 0) is 47.9 Å². The van der Waals surface area contributed by atoms with Crippen LogP contribution in [-0.4, -0.2) is 84.1 Å². The van der Waals surface area contributed by atoms with Crippen molar-refractivity contribution in [3.05, 3.63) is 86.5 Å². The van der Waals surface area contributed by atoms with E-state index in [-0.39, 0.29) is 35.1 Å². The lowest BCUT2D eigenvalue weighted by molar-refractivity contribution is -0.890. The van der Waals surface area contributed by atoms with Crippen LogP contribution >= 0.6 is 0 Å². The summed E-state index contributed by atoms with van der Waals surface area (Å²) < 4.78 is 47.5. The first-order valence-electron chi connectivity index (χ1n) is 13.6. The molecule has 3 aromatic rings. The number of hydrogen-bond acceptors (Lipinski definition) is 9. The minimum absolute atomic E-state index is 0.0135. The van der Waals surface area contributed by atoms with Crippen molar-refractivity contribution in [3.8, 4) is 6.07 Å². The van der Waals surface area contributed by atoms with Crippen molar-refractivity contribution < 1.29 is 42.2 Å². The number of aromatic amines is 1. The standard InChI is InChI=1S/C29H31F3N6O4.CH2O2/c1-17-23(27(40)42-4)25(22-9-8-18(16-33)14-19(22)10-11-38(2,3)12-13-39)37-28(34-35-29(37)41)36(17)21-7-5-6-20(15-21)24(30)26(31)32;2-1-3/h5-9,14-15,24-26,39H,10-13H2,1-4H3;1H,(H,2,3). The lowest BCUT2D eigenvalue weighted by Gasteiger charge is -2.36. The Morgan fingerprint density at radius 1 is 1.24 bits per heavy atom. The minimum Gasteiger partial charge on any atom is -0.554 e. The van der Waals surface area contributed by atoms with Crippen LogP contribution in [0.25, 0.3) is 0 Å². The van der Waals surface area contributed by atoms with Crippen molar-refractivity contribution >= 4 is 24.1 Å². The topological polar surface area (TPSA) is 164 Å². The maximum Gasteiger partial charge on any atom is 0.345 e. The summed E-state index contributed by atoms with van der Waals surface area (Å²) in [6.07, 6.45) is -5.34. The van der Waals surface area contributed by atoms with Crippen LogP contribution in [0.15, 0.2) is 58.5 Å². The highest BCUT2D eigenvalue weighted by Crippen LogP contribution is 2.43. The molecule has 1 aromatic heterocycles. The van der Waals surface area contributed by atoms with Crippen LogP contribution in [0.4, 0.5) is 24.8 Å². The second-order valence-corrected chi connectivity index (χ2v) is 10.7. The predicted octanol–water partition coefficient (Wildman–Crippen LogP) is 1.88. The summed E-state index contributed by atoms with van der Waals surface area (Å²) in [4.78, 5) is 36.3. The largest absolute Gasteiger partial charge is 0.554 e. The van der Waals surface area contributed by atoms with Gasteiger partial charge in [0.1, 0.15) is 12.6 Å². The summed E-state index contributed by atoms with van der Waals surface area (Å²) in [6.45, 7) is 2.15. The van der Waals surface area contributed by atoms with Gasteiger partial charge in [-0.15, -0.1) is 5.10 Å². The molecule has 240 valence electrons. The van der Waals surface area contributed by atoms with E-state index in [9.17, 15) is 33.1 Å². The number of rotatable bonds is 10. The summed E-state index contributed by atoms with van der Waals surface area (Å²) >= 11 is 0. The summed E-state index contributed by atoms with van der Waals surface area (Å²) in [5.41, 5.74) is 1.26. The predicted molar refractivity (Wildman–Crippen MR) is 154 cm³/mol. The fourth-order valence-electron chi connectivity index (χ4n) is 5.20. The van der Waals surface area contributed by atoms with Crippen LogP contribution < -0.4 is 15.7 Å². The van der Waals surface area contributed by atoms with Crippen LogP contribution in [0, 0.1) is 11.3 Å². The Labute approximate surface area is 256 Å². The van der Waals surface area contributed by atoms with Gasteiger partial charge in [-0.25, -0.2) is 32.4 Å². The zero-order valence-electron chi connectivity index (χ0n) is 25.0. The average Bonchev–Trinajstić information content (AvgIpc) is 3.39. The van der Waals surface area contributed by atoms with Crippen LogP contribution in [0.2, 0.25) is 0 Å². The van der Waals surface area contributed by atoms with Gasteiger partial charge in [0.25, 0.3) is 6.43 Å². The monoisotopic (exact) mass is 630 g/mol. The number of carbonyl (C=O) groups is 2. The molecule has 2 N–H and O–H groups in total. The Morgan fingerprint density at radius 2 is 1.93 bits per heavy atom. The van der Waals surface area contributed by atoms with Crippen molar-refractivity contribution in [2.45, 2.75) is 32.0 Å². The Bertz CT molecular complexity index is 1660. The molecular formula is C30H33F3N6O6. The first-order valence-corrected chi connectivity index (χ1v) is 13.6. The lowest BCUT2D eigenvalue weighted by Crippen LogP contribution is -2.43. The third-order valence-corrected chi connectivity index (χ3v) is 7.47. The van der Waals surface area contributed by atoms with Gasteiger partial charge in [-0.3, -0.25) is 4.90 Å². The van der Waals surface area contributed by atoms with E-state index in [2.05, 4.69) is 16.3 Å². The number of hydrogen-bond donors (Lipinski definition) is 2. The fraction of sp³-hybridized carbons (Fsp3) is 0.367. The molecular weight excluding hydrogens is 597 g/mol. The van der Waals surface area contributed by atoms with E-state index < -0.39 is 36.8 Å². The van der Waals surface area contributed by atoms with Crippen molar-refractivity contribution in [2.24, 2.45) is 0 Å². The lowest BCUT2D eigenvalue weighted by atomic mass is 9.89. The third kappa shape index (κ3) is 7.41. The van der Waals surface area contributed by atoms with Gasteiger partial charge in [0.2, 0.25) is 5.95 Å². The molecule has 0 saturated heterocycles. The molecule has 2 aromatic carbocycles. The number of likely N-dealkylation sites (N-methyl/N-ethyl adjacent to an activating group) is 1. The normalized spacial score (nSPS) is 15.1. The number of methoxy groups -OCH3 is 1. The number of ether oxygens (including phenoxy) is 1. The van der Waals surface area contributed by atoms with Crippen molar-refractivity contribution in [2.75, 3.05) is 45.8 Å². The molecule has 2 atom stereocenters. The van der Waals surface area contributed by atoms with Gasteiger partial charge in [-0.2, -0.15) is 5.26 Å². The SMILES string of the molecule is COC(=O)C1=C(C)N(c2cccc(C(F)C(F)F)c2)c2n[nH]c(=O)n2C1c1ccc(C#N)cc1CC[N+](C)(C)CCO.O=C[O-]. The maximum absolute atomic E-state index is 14.3. The first-order chi connectivity index (χ1) is 21.3. The second kappa shape index (κ2) is 14.7. The number of quaternary nitrogens is 1. The number of nitrogens with zero attached hydrogens (tertiary/aromatic N) is 5. The van der Waals surface area contributed by atoms with E-state index >= 15 is 0 Å². The molecule has 1 aliphatic rings. The molecule has 0 spiro atoms. The van der Waals surface area contributed by atoms with Gasteiger partial charge in [0, 0.05) is 24.3 Å². The number of aromatic nitrogens is 3. The quantitative estimate of drug-likeness (QED) is 0.193. The van der Waals surface area contributed by atoms with Crippen LogP contribution in [0.5, 0.6) is 0 Å². The second-order valence-electron chi connectivity index (χ2n) is 10.7. The molecule has 0 saturated carbocycles. The van der Waals surface area contributed by atoms with Crippen LogP contribution in [0.1, 0.15) is 41.4 Å². The fourth-order valence-corrected chi connectivity index (χ4v) is 5.20. The van der Waals surface area contributed by atoms with Crippen LogP contribution in [-0.2, 0) is 20.7 Å². The van der Waals surface area contributed by atoms with Gasteiger partial charge in [0.05, 0.1) is 51.6 Å². The molecule has 15 heteroatoms. The van der Waals surface area contributed by atoms with E-state index in [1.807, 2.05) is 14.1 Å². The van der Waals surface area contributed by atoms with E-state index in [0.29, 0.717) is 40.7 Å². The Balaban J connectivity index is 0.00000177. The highest BCUT2D eigenvalue weighted by atomic mass is 19.3. The number of carboxylic acid groups (broad SMARTS) is 1. The minimum atomic E-state index is -3.24. The Morgan fingerprint density at radius 3 is 2.53 bits per heavy atom. The number of nitriles is 1. The number of H-pyrrole nitrogens is 1. The van der Waals surface area contributed by atoms with Gasteiger partial charge in [0.15, 0.2) is 6.17 Å². The maximum atomic E-state index is 14.3. The first kappa shape index (κ1) is 34.5. The van der Waals surface area contributed by atoms with E-state index in [1.165, 1.54) is 40.8 Å². The average molecular weight is 631 g/mol. The number of anilines is 2. The van der Waals surface area contributed by atoms with Gasteiger partial charge >= 0.3 is 11.7 Å². The summed E-state index contributed by atoms with van der Waals surface area (Å²) in [5.74, 6) is -0.702. The molecule has 0 amide bonds. The molecule has 4 rings (SSSR count). The van der Waals surface area contributed by atoms with E-state index in [1.54, 1.807) is 25.1 Å². The Kier molecular flexibility index (Phi) is 11.3. The van der Waals surface area contributed by atoms with Crippen molar-refractivity contribution in [1.82, 2.24) is 14.8 Å². The molecule has 0 bridgehead atoms. The molecule has 1 aliphatic heterocycles. The smallest absolute Gasteiger partial charge is 0.345 e. The number of alkyl halides is 3. The van der Waals surface area contributed by atoms with E-state index in [0.717, 1.165) is 0 Å². The number of allylic oxidation sites excluding steroid dienone is 1. The number of carbonyl (C=O) groups excluding carboxylic acids is 2. The zero-order chi connectivity index (χ0) is 33.5. The molecule has 0 fully saturated rings. The number of aliphatic hydroxyl groups is 1. The van der Waals surface area contributed by atoms with Crippen molar-refractivity contribution in [1.29, 1.82) is 5.26 Å². The number of nitrogens with one attached hydrogen (secondary N) is 1. The highest BCUT2D eigenvalue weighted by molar-refractivity contribution is 5.93. The zero-order valence-corrected chi connectivity index (χ0v) is 25.0. The molecule has 0 radical (unpaired) electrons. The van der Waals surface area contributed by atoms with Crippen LogP contribution in [0.3, 0.4) is 0 Å². The summed E-state index contributed by atoms with van der Waals surface area (Å²) in [6, 6.07) is 11.4. The number of aliphatic hydroxyl groups excluding tert-OH is 1. The molecule has 2 heterocycles. The number of halogens is 3. The molecule has 45 heavy (non-hydrogen) atoms. The number of fused-ring (bicyclic) bond motifs is 1. The summed E-state index contributed by atoms with van der Waals surface area (Å²) in [7, 11) is 5.10. The van der Waals surface area contributed by atoms with Gasteiger partial charge < -0.3 is 24.2 Å². The highest BCUT2D eigenvalue weighted by Gasteiger charge is 2.40. The Hall–Kier alpha value is -4.94.